The summed E-state index contributed by atoms with van der Waals surface area (Å²) >= 11 is 0. The normalized spacial score (nSPS) is 12.2. The number of carbonyl (C=O) groups is 1. The minimum absolute atomic E-state index is 0.000461. The van der Waals surface area contributed by atoms with Gasteiger partial charge in [-0.05, 0) is 37.1 Å². The van der Waals surface area contributed by atoms with Crippen LogP contribution in [0.4, 0.5) is 5.69 Å². The van der Waals surface area contributed by atoms with Gasteiger partial charge in [-0.3, -0.25) is 14.9 Å². The van der Waals surface area contributed by atoms with Gasteiger partial charge in [0.15, 0.2) is 18.1 Å². The van der Waals surface area contributed by atoms with E-state index in [0.717, 1.165) is 11.1 Å². The molecule has 0 saturated heterocycles. The summed E-state index contributed by atoms with van der Waals surface area (Å²) in [6.07, 6.45) is 1.18. The molecule has 0 radical (unpaired) electrons. The second-order valence-corrected chi connectivity index (χ2v) is 5.87. The molecule has 2 aromatic carbocycles. The van der Waals surface area contributed by atoms with Gasteiger partial charge in [-0.1, -0.05) is 12.1 Å². The molecule has 1 amide bonds. The van der Waals surface area contributed by atoms with E-state index in [4.69, 9.17) is 14.2 Å². The van der Waals surface area contributed by atoms with Crippen molar-refractivity contribution < 1.29 is 23.9 Å². The number of amides is 1. The summed E-state index contributed by atoms with van der Waals surface area (Å²) in [5, 5.41) is 14.9. The van der Waals surface area contributed by atoms with Crippen LogP contribution in [0.3, 0.4) is 0 Å². The third-order valence-electron chi connectivity index (χ3n) is 3.81. The molecule has 0 bridgehead atoms. The second kappa shape index (κ2) is 7.73. The molecule has 0 aromatic heterocycles. The molecule has 140 valence electrons. The van der Waals surface area contributed by atoms with Crippen LogP contribution in [0.5, 0.6) is 17.2 Å². The maximum absolute atomic E-state index is 11.9. The molecule has 9 nitrogen and oxygen atoms in total. The number of carbonyl (C=O) groups excluding carboxylic acids is 1. The fraction of sp³-hybridized carbons (Fsp3) is 0.222. The minimum Gasteiger partial charge on any atom is -0.483 e. The van der Waals surface area contributed by atoms with Gasteiger partial charge >= 0.3 is 0 Å². The van der Waals surface area contributed by atoms with E-state index < -0.39 is 10.8 Å². The van der Waals surface area contributed by atoms with Crippen molar-refractivity contribution >= 4 is 17.8 Å². The number of hydrogen-bond acceptors (Lipinski definition) is 7. The van der Waals surface area contributed by atoms with E-state index >= 15 is 0 Å². The Hall–Kier alpha value is -3.62. The quantitative estimate of drug-likeness (QED) is 0.474. The SMILES string of the molecule is Cc1ccc(C)c(OCC(=O)NN=Cc2cc3c(cc2[N+](=O)[O-])OCO3)c1. The molecular weight excluding hydrogens is 354 g/mol. The zero-order valence-corrected chi connectivity index (χ0v) is 14.7. The van der Waals surface area contributed by atoms with E-state index in [1.807, 2.05) is 32.0 Å². The first-order chi connectivity index (χ1) is 12.9. The van der Waals surface area contributed by atoms with E-state index in [0.29, 0.717) is 17.2 Å². The Labute approximate surface area is 154 Å². The second-order valence-electron chi connectivity index (χ2n) is 5.87. The number of aryl methyl sites for hydroxylation is 2. The lowest BCUT2D eigenvalue weighted by Gasteiger charge is -2.08. The van der Waals surface area contributed by atoms with Crippen molar-refractivity contribution in [2.24, 2.45) is 5.10 Å². The van der Waals surface area contributed by atoms with E-state index in [2.05, 4.69) is 10.5 Å². The van der Waals surface area contributed by atoms with E-state index in [1.165, 1.54) is 18.3 Å². The van der Waals surface area contributed by atoms with Crippen LogP contribution in [-0.2, 0) is 4.79 Å². The summed E-state index contributed by atoms with van der Waals surface area (Å²) in [4.78, 5) is 22.5. The van der Waals surface area contributed by atoms with E-state index in [-0.39, 0.29) is 24.7 Å². The molecule has 1 heterocycles. The van der Waals surface area contributed by atoms with Crippen LogP contribution in [0.25, 0.3) is 0 Å². The van der Waals surface area contributed by atoms with Gasteiger partial charge in [0.2, 0.25) is 6.79 Å². The highest BCUT2D eigenvalue weighted by Gasteiger charge is 2.22. The van der Waals surface area contributed by atoms with Gasteiger partial charge in [-0.2, -0.15) is 5.10 Å². The van der Waals surface area contributed by atoms with Crippen LogP contribution in [-0.4, -0.2) is 30.4 Å². The maximum Gasteiger partial charge on any atom is 0.282 e. The van der Waals surface area contributed by atoms with Gasteiger partial charge in [0.05, 0.1) is 22.8 Å². The van der Waals surface area contributed by atoms with Gasteiger partial charge in [0.1, 0.15) is 5.75 Å². The smallest absolute Gasteiger partial charge is 0.282 e. The number of nitrogens with one attached hydrogen (secondary N) is 1. The van der Waals surface area contributed by atoms with Crippen molar-refractivity contribution in [3.63, 3.8) is 0 Å². The first-order valence-electron chi connectivity index (χ1n) is 8.04. The molecule has 0 atom stereocenters. The zero-order chi connectivity index (χ0) is 19.4. The highest BCUT2D eigenvalue weighted by atomic mass is 16.7. The molecule has 9 heteroatoms. The van der Waals surface area contributed by atoms with Crippen molar-refractivity contribution in [2.45, 2.75) is 13.8 Å². The number of nitrogens with zero attached hydrogens (tertiary/aromatic N) is 2. The lowest BCUT2D eigenvalue weighted by atomic mass is 10.1. The summed E-state index contributed by atoms with van der Waals surface area (Å²) in [6.45, 7) is 3.57. The fourth-order valence-corrected chi connectivity index (χ4v) is 2.42. The van der Waals surface area contributed by atoms with E-state index in [1.54, 1.807) is 0 Å². The largest absolute Gasteiger partial charge is 0.483 e. The Morgan fingerprint density at radius 1 is 1.30 bits per heavy atom. The molecule has 27 heavy (non-hydrogen) atoms. The summed E-state index contributed by atoms with van der Waals surface area (Å²) < 4.78 is 15.8. The molecule has 2 aromatic rings. The van der Waals surface area contributed by atoms with Gasteiger partial charge < -0.3 is 14.2 Å². The van der Waals surface area contributed by atoms with Gasteiger partial charge in [0.25, 0.3) is 11.6 Å². The standard InChI is InChI=1S/C18H17N3O6/c1-11-3-4-12(2)15(5-11)25-9-18(22)20-19-8-13-6-16-17(27-10-26-16)7-14(13)21(23)24/h3-8H,9-10H2,1-2H3,(H,20,22). The molecule has 0 spiro atoms. The van der Waals surface area contributed by atoms with Crippen LogP contribution < -0.4 is 19.6 Å². The minimum atomic E-state index is -0.561. The fourth-order valence-electron chi connectivity index (χ4n) is 2.42. The molecule has 0 unspecified atom stereocenters. The molecule has 1 aliphatic rings. The number of nitro benzene ring substituents is 1. The van der Waals surface area contributed by atoms with Crippen LogP contribution in [0, 0.1) is 24.0 Å². The van der Waals surface area contributed by atoms with Crippen LogP contribution in [0.1, 0.15) is 16.7 Å². The predicted molar refractivity (Wildman–Crippen MR) is 96.4 cm³/mol. The highest BCUT2D eigenvalue weighted by Crippen LogP contribution is 2.37. The lowest BCUT2D eigenvalue weighted by molar-refractivity contribution is -0.385. The first kappa shape index (κ1) is 18.2. The third kappa shape index (κ3) is 4.32. The molecule has 0 aliphatic carbocycles. The monoisotopic (exact) mass is 371 g/mol. The molecule has 0 fully saturated rings. The van der Waals surface area contributed by atoms with Crippen molar-refractivity contribution in [1.29, 1.82) is 0 Å². The Kier molecular flexibility index (Phi) is 5.20. The molecular formula is C18H17N3O6. The summed E-state index contributed by atoms with van der Waals surface area (Å²) in [6, 6.07) is 8.38. The van der Waals surface area contributed by atoms with Crippen LogP contribution >= 0.6 is 0 Å². The Balaban J connectivity index is 1.62. The Bertz CT molecular complexity index is 926. The maximum atomic E-state index is 11.9. The number of ether oxygens (including phenoxy) is 3. The number of fused-ring (bicyclic) bond motifs is 1. The predicted octanol–water partition coefficient (Wildman–Crippen LogP) is 2.47. The molecule has 1 aliphatic heterocycles. The van der Waals surface area contributed by atoms with E-state index in [9.17, 15) is 14.9 Å². The number of rotatable bonds is 6. The average molecular weight is 371 g/mol. The van der Waals surface area contributed by atoms with Crippen LogP contribution in [0.2, 0.25) is 0 Å². The van der Waals surface area contributed by atoms with Gasteiger partial charge in [-0.15, -0.1) is 0 Å². The number of hydrazone groups is 1. The lowest BCUT2D eigenvalue weighted by Crippen LogP contribution is -2.24. The molecule has 1 N–H and O–H groups in total. The third-order valence-corrected chi connectivity index (χ3v) is 3.81. The first-order valence-corrected chi connectivity index (χ1v) is 8.04. The Morgan fingerprint density at radius 3 is 2.78 bits per heavy atom. The topological polar surface area (TPSA) is 112 Å². The molecule has 0 saturated carbocycles. The van der Waals surface area contributed by atoms with Crippen molar-refractivity contribution in [2.75, 3.05) is 13.4 Å². The van der Waals surface area contributed by atoms with Crippen molar-refractivity contribution in [1.82, 2.24) is 5.43 Å². The average Bonchev–Trinajstić information content (AvgIpc) is 3.09. The van der Waals surface area contributed by atoms with Crippen LogP contribution in [0.15, 0.2) is 35.4 Å². The summed E-state index contributed by atoms with van der Waals surface area (Å²) in [7, 11) is 0. The molecule has 3 rings (SSSR count). The number of nitro groups is 1. The Morgan fingerprint density at radius 2 is 2.04 bits per heavy atom. The zero-order valence-electron chi connectivity index (χ0n) is 14.7. The number of hydrogen-bond donors (Lipinski definition) is 1. The summed E-state index contributed by atoms with van der Waals surface area (Å²) in [5.41, 5.74) is 4.18. The van der Waals surface area contributed by atoms with Gasteiger partial charge in [0, 0.05) is 0 Å². The summed E-state index contributed by atoms with van der Waals surface area (Å²) in [5.74, 6) is 0.799. The number of benzene rings is 2. The highest BCUT2D eigenvalue weighted by molar-refractivity contribution is 5.88. The van der Waals surface area contributed by atoms with Crippen molar-refractivity contribution in [3.05, 3.63) is 57.1 Å². The van der Waals surface area contributed by atoms with Crippen molar-refractivity contribution in [3.8, 4) is 17.2 Å². The van der Waals surface area contributed by atoms with Gasteiger partial charge in [-0.25, -0.2) is 5.43 Å².